The summed E-state index contributed by atoms with van der Waals surface area (Å²) in [6.07, 6.45) is 4.61. The van der Waals surface area contributed by atoms with Crippen LogP contribution < -0.4 is 4.74 Å². The summed E-state index contributed by atoms with van der Waals surface area (Å²) in [6.45, 7) is 1.98. The van der Waals surface area contributed by atoms with Crippen molar-refractivity contribution in [2.45, 2.75) is 31.9 Å². The van der Waals surface area contributed by atoms with Crippen LogP contribution in [0.3, 0.4) is 0 Å². The number of rotatable bonds is 8. The molecule has 0 amide bonds. The van der Waals surface area contributed by atoms with Gasteiger partial charge in [0.25, 0.3) is 5.89 Å². The van der Waals surface area contributed by atoms with Crippen molar-refractivity contribution in [1.82, 2.24) is 15.0 Å². The zero-order chi connectivity index (χ0) is 23.9. The SMILES string of the molecule is COC(=O)C=Cc1ccc(OCc2nc(C3CCN(Cc4cc(F)ccc4F)CC3)no2)cc1. The van der Waals surface area contributed by atoms with Gasteiger partial charge in [-0.3, -0.25) is 4.90 Å². The topological polar surface area (TPSA) is 77.7 Å². The summed E-state index contributed by atoms with van der Waals surface area (Å²) in [5.74, 6) is 0.559. The second-order valence-electron chi connectivity index (χ2n) is 8.05. The van der Waals surface area contributed by atoms with Crippen LogP contribution in [0, 0.1) is 11.6 Å². The largest absolute Gasteiger partial charge is 0.484 e. The van der Waals surface area contributed by atoms with Crippen molar-refractivity contribution >= 4 is 12.0 Å². The van der Waals surface area contributed by atoms with E-state index in [1.54, 1.807) is 18.2 Å². The molecule has 9 heteroatoms. The third-order valence-corrected chi connectivity index (χ3v) is 5.69. The molecular formula is C25H25F2N3O4. The van der Waals surface area contributed by atoms with Crippen molar-refractivity contribution in [1.29, 1.82) is 0 Å². The minimum absolute atomic E-state index is 0.141. The van der Waals surface area contributed by atoms with Gasteiger partial charge in [0, 0.05) is 24.1 Å². The van der Waals surface area contributed by atoms with Crippen molar-refractivity contribution in [2.75, 3.05) is 20.2 Å². The molecular weight excluding hydrogens is 444 g/mol. The molecule has 34 heavy (non-hydrogen) atoms. The molecule has 1 aromatic heterocycles. The van der Waals surface area contributed by atoms with E-state index in [0.717, 1.165) is 43.6 Å². The molecule has 0 radical (unpaired) electrons. The van der Waals surface area contributed by atoms with Crippen LogP contribution in [0.1, 0.15) is 41.6 Å². The first-order chi connectivity index (χ1) is 16.5. The zero-order valence-electron chi connectivity index (χ0n) is 18.7. The van der Waals surface area contributed by atoms with Crippen LogP contribution in [0.5, 0.6) is 5.75 Å². The van der Waals surface area contributed by atoms with Gasteiger partial charge in [-0.25, -0.2) is 13.6 Å². The van der Waals surface area contributed by atoms with E-state index in [1.165, 1.54) is 19.3 Å². The molecule has 7 nitrogen and oxygen atoms in total. The first-order valence-electron chi connectivity index (χ1n) is 11.0. The Kier molecular flexibility index (Phi) is 7.64. The van der Waals surface area contributed by atoms with Gasteiger partial charge in [-0.2, -0.15) is 4.98 Å². The number of hydrogen-bond acceptors (Lipinski definition) is 7. The van der Waals surface area contributed by atoms with Gasteiger partial charge in [0.1, 0.15) is 17.4 Å². The normalized spacial score (nSPS) is 15.0. The van der Waals surface area contributed by atoms with E-state index in [0.29, 0.717) is 29.6 Å². The highest BCUT2D eigenvalue weighted by Crippen LogP contribution is 2.27. The highest BCUT2D eigenvalue weighted by Gasteiger charge is 2.25. The van der Waals surface area contributed by atoms with Crippen molar-refractivity contribution < 1.29 is 27.6 Å². The Morgan fingerprint density at radius 2 is 1.94 bits per heavy atom. The number of hydrogen-bond donors (Lipinski definition) is 0. The first-order valence-corrected chi connectivity index (χ1v) is 11.0. The summed E-state index contributed by atoms with van der Waals surface area (Å²) >= 11 is 0. The number of halogens is 2. The summed E-state index contributed by atoms with van der Waals surface area (Å²) < 4.78 is 42.9. The van der Waals surface area contributed by atoms with E-state index in [9.17, 15) is 13.6 Å². The molecule has 0 aliphatic carbocycles. The number of piperidine rings is 1. The summed E-state index contributed by atoms with van der Waals surface area (Å²) in [5, 5.41) is 4.10. The number of benzene rings is 2. The fraction of sp³-hybridized carbons (Fsp3) is 0.320. The predicted octanol–water partition coefficient (Wildman–Crippen LogP) is 4.49. The molecule has 0 spiro atoms. The number of carbonyl (C=O) groups excluding carboxylic acids is 1. The average molecular weight is 469 g/mol. The summed E-state index contributed by atoms with van der Waals surface area (Å²) in [6, 6.07) is 10.7. The van der Waals surface area contributed by atoms with E-state index in [-0.39, 0.29) is 12.5 Å². The lowest BCUT2D eigenvalue weighted by molar-refractivity contribution is -0.134. The fourth-order valence-corrected chi connectivity index (χ4v) is 3.80. The van der Waals surface area contributed by atoms with Crippen LogP contribution in [0.2, 0.25) is 0 Å². The number of methoxy groups -OCH3 is 1. The van der Waals surface area contributed by atoms with Gasteiger partial charge in [0.2, 0.25) is 0 Å². The van der Waals surface area contributed by atoms with Gasteiger partial charge < -0.3 is 14.0 Å². The molecule has 1 aliphatic rings. The van der Waals surface area contributed by atoms with Crippen molar-refractivity contribution in [2.24, 2.45) is 0 Å². The molecule has 0 saturated carbocycles. The molecule has 1 saturated heterocycles. The molecule has 0 unspecified atom stereocenters. The quantitative estimate of drug-likeness (QED) is 0.355. The lowest BCUT2D eigenvalue weighted by atomic mass is 9.96. The summed E-state index contributed by atoms with van der Waals surface area (Å²) in [5.41, 5.74) is 1.20. The van der Waals surface area contributed by atoms with Gasteiger partial charge in [-0.15, -0.1) is 0 Å². The minimum Gasteiger partial charge on any atom is -0.484 e. The lowest BCUT2D eigenvalue weighted by Crippen LogP contribution is -2.33. The van der Waals surface area contributed by atoms with E-state index in [4.69, 9.17) is 9.26 Å². The Hall–Kier alpha value is -3.59. The lowest BCUT2D eigenvalue weighted by Gasteiger charge is -2.30. The third-order valence-electron chi connectivity index (χ3n) is 5.69. The number of carbonyl (C=O) groups is 1. The smallest absolute Gasteiger partial charge is 0.330 e. The monoisotopic (exact) mass is 469 g/mol. The molecule has 0 bridgehead atoms. The Morgan fingerprint density at radius 3 is 2.68 bits per heavy atom. The third kappa shape index (κ3) is 6.26. The van der Waals surface area contributed by atoms with Crippen LogP contribution in [0.4, 0.5) is 8.78 Å². The zero-order valence-corrected chi connectivity index (χ0v) is 18.7. The molecule has 1 fully saturated rings. The maximum absolute atomic E-state index is 13.9. The van der Waals surface area contributed by atoms with Crippen LogP contribution in [0.25, 0.3) is 6.08 Å². The number of nitrogens with zero attached hydrogens (tertiary/aromatic N) is 3. The summed E-state index contributed by atoms with van der Waals surface area (Å²) in [7, 11) is 1.33. The van der Waals surface area contributed by atoms with Gasteiger partial charge >= 0.3 is 5.97 Å². The van der Waals surface area contributed by atoms with E-state index in [2.05, 4.69) is 19.8 Å². The number of ether oxygens (including phenoxy) is 2. The molecule has 0 N–H and O–H groups in total. The number of likely N-dealkylation sites (tertiary alicyclic amines) is 1. The van der Waals surface area contributed by atoms with E-state index in [1.807, 2.05) is 12.1 Å². The van der Waals surface area contributed by atoms with E-state index >= 15 is 0 Å². The Morgan fingerprint density at radius 1 is 1.18 bits per heavy atom. The summed E-state index contributed by atoms with van der Waals surface area (Å²) in [4.78, 5) is 17.7. The molecule has 4 rings (SSSR count). The standard InChI is InChI=1S/C25H25F2N3O4/c1-32-24(31)9-4-17-2-6-21(7-3-17)33-16-23-28-25(29-34-23)18-10-12-30(13-11-18)15-19-14-20(26)5-8-22(19)27/h2-9,14,18H,10-13,15-16H2,1H3. The second kappa shape index (κ2) is 11.0. The molecule has 0 atom stereocenters. The average Bonchev–Trinajstić information content (AvgIpc) is 3.33. The van der Waals surface area contributed by atoms with Crippen molar-refractivity contribution in [3.63, 3.8) is 0 Å². The molecule has 2 heterocycles. The molecule has 178 valence electrons. The van der Waals surface area contributed by atoms with Gasteiger partial charge in [-0.05, 0) is 67.9 Å². The van der Waals surface area contributed by atoms with E-state index < -0.39 is 17.6 Å². The molecule has 3 aromatic rings. The Bertz CT molecular complexity index is 1140. The predicted molar refractivity (Wildman–Crippen MR) is 120 cm³/mol. The molecule has 2 aromatic carbocycles. The minimum atomic E-state index is -0.431. The number of esters is 1. The van der Waals surface area contributed by atoms with Crippen molar-refractivity contribution in [3.8, 4) is 5.75 Å². The van der Waals surface area contributed by atoms with Crippen LogP contribution in [-0.4, -0.2) is 41.2 Å². The molecule has 1 aliphatic heterocycles. The fourth-order valence-electron chi connectivity index (χ4n) is 3.80. The highest BCUT2D eigenvalue weighted by atomic mass is 19.1. The maximum atomic E-state index is 13.9. The van der Waals surface area contributed by atoms with Crippen LogP contribution in [0.15, 0.2) is 53.1 Å². The van der Waals surface area contributed by atoms with Crippen LogP contribution in [-0.2, 0) is 22.7 Å². The second-order valence-corrected chi connectivity index (χ2v) is 8.05. The Balaban J connectivity index is 1.25. The maximum Gasteiger partial charge on any atom is 0.330 e. The van der Waals surface area contributed by atoms with Crippen molar-refractivity contribution in [3.05, 3.63) is 83.0 Å². The number of aromatic nitrogens is 2. The van der Waals surface area contributed by atoms with Gasteiger partial charge in [0.15, 0.2) is 12.4 Å². The van der Waals surface area contributed by atoms with Gasteiger partial charge in [-0.1, -0.05) is 17.3 Å². The highest BCUT2D eigenvalue weighted by molar-refractivity contribution is 5.86. The van der Waals surface area contributed by atoms with Crippen LogP contribution >= 0.6 is 0 Å². The first kappa shape index (κ1) is 23.6. The van der Waals surface area contributed by atoms with Gasteiger partial charge in [0.05, 0.1) is 7.11 Å². The Labute approximate surface area is 196 Å².